The van der Waals surface area contributed by atoms with Crippen molar-refractivity contribution in [3.05, 3.63) is 40.4 Å². The van der Waals surface area contributed by atoms with Gasteiger partial charge in [0.15, 0.2) is 11.5 Å². The van der Waals surface area contributed by atoms with Crippen LogP contribution in [-0.4, -0.2) is 40.3 Å². The van der Waals surface area contributed by atoms with E-state index in [2.05, 4.69) is 29.7 Å². The van der Waals surface area contributed by atoms with Gasteiger partial charge in [0.2, 0.25) is 0 Å². The summed E-state index contributed by atoms with van der Waals surface area (Å²) < 4.78 is 13.5. The van der Waals surface area contributed by atoms with E-state index in [1.54, 1.807) is 11.3 Å². The minimum Gasteiger partial charge on any atom is -0.486 e. The molecule has 5 rings (SSSR count). The normalized spacial score (nSPS) is 18.5. The topological polar surface area (TPSA) is 56.6 Å². The highest BCUT2D eigenvalue weighted by Crippen LogP contribution is 2.39. The largest absolute Gasteiger partial charge is 0.486 e. The Morgan fingerprint density at radius 1 is 1.23 bits per heavy atom. The summed E-state index contributed by atoms with van der Waals surface area (Å²) in [6.07, 6.45) is 1.98. The van der Waals surface area contributed by atoms with Crippen LogP contribution in [0.15, 0.2) is 24.3 Å². The van der Waals surface area contributed by atoms with Gasteiger partial charge in [-0.3, -0.25) is 9.48 Å². The fourth-order valence-electron chi connectivity index (χ4n) is 4.45. The number of nitrogens with zero attached hydrogens (tertiary/aromatic N) is 3. The van der Waals surface area contributed by atoms with Crippen molar-refractivity contribution in [2.75, 3.05) is 19.8 Å². The summed E-state index contributed by atoms with van der Waals surface area (Å²) in [5.41, 5.74) is 2.11. The van der Waals surface area contributed by atoms with Crippen molar-refractivity contribution < 1.29 is 14.3 Å². The van der Waals surface area contributed by atoms with Crippen LogP contribution in [0.5, 0.6) is 11.5 Å². The lowest BCUT2D eigenvalue weighted by molar-refractivity contribution is 0.0740. The van der Waals surface area contributed by atoms with Crippen LogP contribution in [0.1, 0.15) is 53.7 Å². The average Bonchev–Trinajstić information content (AvgIpc) is 3.44. The second-order valence-electron chi connectivity index (χ2n) is 8.55. The summed E-state index contributed by atoms with van der Waals surface area (Å²) in [6.45, 7) is 9.19. The number of aromatic nitrogens is 2. The second kappa shape index (κ2) is 7.61. The standard InChI is InChI=1S/C23H27N3O3S/c1-14(2)13-26-23-17(15(3)24-26)12-21(30-23)22(27)25-8-4-5-18(25)16-6-7-19-20(11-16)29-10-9-28-19/h6-7,11-12,14,18H,4-5,8-10,13H2,1-3H3/t18-/m0/s1. The number of likely N-dealkylation sites (tertiary alicyclic amines) is 1. The predicted octanol–water partition coefficient (Wildman–Crippen LogP) is 4.81. The molecule has 0 radical (unpaired) electrons. The summed E-state index contributed by atoms with van der Waals surface area (Å²) in [4.78, 5) is 17.4. The summed E-state index contributed by atoms with van der Waals surface area (Å²) in [5.74, 6) is 2.19. The van der Waals surface area contributed by atoms with Gasteiger partial charge in [0, 0.05) is 18.5 Å². The highest BCUT2D eigenvalue weighted by molar-refractivity contribution is 7.20. The van der Waals surface area contributed by atoms with E-state index in [-0.39, 0.29) is 11.9 Å². The highest BCUT2D eigenvalue weighted by Gasteiger charge is 2.32. The van der Waals surface area contributed by atoms with E-state index in [0.29, 0.717) is 19.1 Å². The fraction of sp³-hybridized carbons (Fsp3) is 0.478. The Morgan fingerprint density at radius 2 is 2.03 bits per heavy atom. The van der Waals surface area contributed by atoms with Crippen LogP contribution in [0, 0.1) is 12.8 Å². The molecule has 30 heavy (non-hydrogen) atoms. The Kier molecular flexibility index (Phi) is 4.93. The number of ether oxygens (including phenoxy) is 2. The van der Waals surface area contributed by atoms with Crippen LogP contribution >= 0.6 is 11.3 Å². The van der Waals surface area contributed by atoms with Gasteiger partial charge in [-0.2, -0.15) is 5.10 Å². The Hall–Kier alpha value is -2.54. The molecule has 0 aliphatic carbocycles. The van der Waals surface area contributed by atoms with Gasteiger partial charge in [-0.1, -0.05) is 19.9 Å². The molecule has 4 heterocycles. The minimum absolute atomic E-state index is 0.0757. The quantitative estimate of drug-likeness (QED) is 0.602. The monoisotopic (exact) mass is 425 g/mol. The summed E-state index contributed by atoms with van der Waals surface area (Å²) >= 11 is 1.57. The fourth-order valence-corrected chi connectivity index (χ4v) is 5.58. The lowest BCUT2D eigenvalue weighted by atomic mass is 10.0. The number of fused-ring (bicyclic) bond motifs is 2. The summed E-state index contributed by atoms with van der Waals surface area (Å²) in [7, 11) is 0. The number of amides is 1. The van der Waals surface area contributed by atoms with Gasteiger partial charge in [-0.15, -0.1) is 11.3 Å². The number of rotatable bonds is 4. The molecular formula is C23H27N3O3S. The first kappa shape index (κ1) is 19.4. The Bertz CT molecular complexity index is 1100. The van der Waals surface area contributed by atoms with Crippen LogP contribution in [0.3, 0.4) is 0 Å². The first-order valence-corrected chi connectivity index (χ1v) is 11.5. The molecule has 0 unspecified atom stereocenters. The van der Waals surface area contributed by atoms with Gasteiger partial charge in [-0.25, -0.2) is 0 Å². The van der Waals surface area contributed by atoms with E-state index >= 15 is 0 Å². The first-order valence-electron chi connectivity index (χ1n) is 10.7. The molecule has 2 aliphatic rings. The summed E-state index contributed by atoms with van der Waals surface area (Å²) in [6, 6.07) is 8.18. The van der Waals surface area contributed by atoms with Crippen LogP contribution in [-0.2, 0) is 6.54 Å². The van der Waals surface area contributed by atoms with Crippen LogP contribution in [0.25, 0.3) is 10.2 Å². The summed E-state index contributed by atoms with van der Waals surface area (Å²) in [5, 5.41) is 5.76. The van der Waals surface area contributed by atoms with Gasteiger partial charge in [0.05, 0.1) is 16.6 Å². The first-order chi connectivity index (χ1) is 14.5. The Balaban J connectivity index is 1.44. The molecule has 1 amide bonds. The maximum absolute atomic E-state index is 13.5. The molecule has 158 valence electrons. The van der Waals surface area contributed by atoms with Gasteiger partial charge >= 0.3 is 0 Å². The smallest absolute Gasteiger partial charge is 0.264 e. The zero-order valence-electron chi connectivity index (χ0n) is 17.7. The van der Waals surface area contributed by atoms with Crippen molar-refractivity contribution in [1.82, 2.24) is 14.7 Å². The maximum Gasteiger partial charge on any atom is 0.264 e. The van der Waals surface area contributed by atoms with E-state index < -0.39 is 0 Å². The second-order valence-corrected chi connectivity index (χ2v) is 9.58. The van der Waals surface area contributed by atoms with Crippen LogP contribution < -0.4 is 9.47 Å². The number of aryl methyl sites for hydroxylation is 1. The van der Waals surface area contributed by atoms with Crippen molar-refractivity contribution in [2.24, 2.45) is 5.92 Å². The SMILES string of the molecule is Cc1nn(CC(C)C)c2sc(C(=O)N3CCC[C@H]3c3ccc4c(c3)OCCO4)cc12. The number of hydrogen-bond acceptors (Lipinski definition) is 5. The molecule has 1 atom stereocenters. The van der Waals surface area contributed by atoms with E-state index in [1.807, 2.05) is 30.0 Å². The van der Waals surface area contributed by atoms with E-state index in [9.17, 15) is 4.79 Å². The van der Waals surface area contributed by atoms with Crippen LogP contribution in [0.4, 0.5) is 0 Å². The van der Waals surface area contributed by atoms with Crippen molar-refractivity contribution >= 4 is 27.5 Å². The number of carbonyl (C=O) groups excluding carboxylic acids is 1. The predicted molar refractivity (Wildman–Crippen MR) is 118 cm³/mol. The lowest BCUT2D eigenvalue weighted by Gasteiger charge is -2.26. The van der Waals surface area contributed by atoms with E-state index in [4.69, 9.17) is 9.47 Å². The molecule has 0 saturated carbocycles. The molecule has 0 spiro atoms. The van der Waals surface area contributed by atoms with E-state index in [0.717, 1.165) is 63.8 Å². The average molecular weight is 426 g/mol. The lowest BCUT2D eigenvalue weighted by Crippen LogP contribution is -2.30. The Morgan fingerprint density at radius 3 is 2.83 bits per heavy atom. The molecule has 0 bridgehead atoms. The molecule has 1 fully saturated rings. The molecule has 2 aliphatic heterocycles. The minimum atomic E-state index is 0.0757. The van der Waals surface area contributed by atoms with Crippen molar-refractivity contribution in [3.8, 4) is 11.5 Å². The molecular weight excluding hydrogens is 398 g/mol. The van der Waals surface area contributed by atoms with Crippen molar-refractivity contribution in [3.63, 3.8) is 0 Å². The Labute approximate surface area is 180 Å². The molecule has 1 aromatic carbocycles. The molecule has 3 aromatic rings. The third-order valence-electron chi connectivity index (χ3n) is 5.82. The van der Waals surface area contributed by atoms with Crippen molar-refractivity contribution in [2.45, 2.75) is 46.2 Å². The maximum atomic E-state index is 13.5. The molecule has 6 nitrogen and oxygen atoms in total. The van der Waals surface area contributed by atoms with E-state index in [1.165, 1.54) is 0 Å². The third-order valence-corrected chi connectivity index (χ3v) is 6.96. The molecule has 1 saturated heterocycles. The third kappa shape index (κ3) is 3.35. The van der Waals surface area contributed by atoms with Crippen molar-refractivity contribution in [1.29, 1.82) is 0 Å². The van der Waals surface area contributed by atoms with Crippen LogP contribution in [0.2, 0.25) is 0 Å². The van der Waals surface area contributed by atoms with Gasteiger partial charge in [0.25, 0.3) is 5.91 Å². The number of benzene rings is 1. The van der Waals surface area contributed by atoms with Gasteiger partial charge in [0.1, 0.15) is 18.0 Å². The van der Waals surface area contributed by atoms with Gasteiger partial charge < -0.3 is 14.4 Å². The molecule has 0 N–H and O–H groups in total. The molecule has 7 heteroatoms. The zero-order valence-corrected chi connectivity index (χ0v) is 18.5. The zero-order chi connectivity index (χ0) is 20.8. The highest BCUT2D eigenvalue weighted by atomic mass is 32.1. The van der Waals surface area contributed by atoms with Gasteiger partial charge in [-0.05, 0) is 49.4 Å². The number of carbonyl (C=O) groups is 1. The number of hydrogen-bond donors (Lipinski definition) is 0. The number of thiophene rings is 1. The molecule has 2 aromatic heterocycles.